The summed E-state index contributed by atoms with van der Waals surface area (Å²) in [5.74, 6) is 0.153. The number of likely N-dealkylation sites (N-methyl/N-ethyl adjacent to an activating group) is 1. The van der Waals surface area contributed by atoms with E-state index >= 15 is 0 Å². The van der Waals surface area contributed by atoms with Crippen LogP contribution in [0, 0.1) is 0 Å². The average molecular weight is 294 g/mol. The normalized spacial score (nSPS) is 17.8. The molecule has 0 fully saturated rings. The van der Waals surface area contributed by atoms with Gasteiger partial charge in [-0.15, -0.1) is 0 Å². The molecule has 0 spiro atoms. The zero-order valence-electron chi connectivity index (χ0n) is 13.2. The van der Waals surface area contributed by atoms with Crippen LogP contribution >= 0.6 is 0 Å². The number of hydrogen-bond donors (Lipinski definition) is 0. The Morgan fingerprint density at radius 2 is 1.82 bits per heavy atom. The Labute approximate surface area is 132 Å². The molecule has 0 N–H and O–H groups in total. The van der Waals surface area contributed by atoms with E-state index in [4.69, 9.17) is 0 Å². The van der Waals surface area contributed by atoms with Crippen LogP contribution in [0.3, 0.4) is 0 Å². The summed E-state index contributed by atoms with van der Waals surface area (Å²) in [5, 5.41) is 0. The molecule has 1 heterocycles. The fourth-order valence-electron chi connectivity index (χ4n) is 3.14. The monoisotopic (exact) mass is 294 g/mol. The number of fused-ring (bicyclic) bond motifs is 1. The number of carbonyl (C=O) groups excluding carboxylic acids is 1. The third-order valence-electron chi connectivity index (χ3n) is 4.57. The molecule has 3 heteroatoms. The molecule has 114 valence electrons. The van der Waals surface area contributed by atoms with Crippen molar-refractivity contribution in [2.45, 2.75) is 18.9 Å². The lowest BCUT2D eigenvalue weighted by Gasteiger charge is -2.35. The third kappa shape index (κ3) is 2.90. The first-order valence-corrected chi connectivity index (χ1v) is 7.76. The van der Waals surface area contributed by atoms with Crippen molar-refractivity contribution in [2.24, 2.45) is 0 Å². The summed E-state index contributed by atoms with van der Waals surface area (Å²) in [6, 6.07) is 18.5. The molecule has 3 rings (SSSR count). The predicted octanol–water partition coefficient (Wildman–Crippen LogP) is 3.27. The van der Waals surface area contributed by atoms with E-state index < -0.39 is 0 Å². The van der Waals surface area contributed by atoms with Crippen LogP contribution < -0.4 is 4.90 Å². The molecule has 0 aliphatic carbocycles. The topological polar surface area (TPSA) is 23.6 Å². The standard InChI is InChI=1S/C19H22N2O/c1-20-13-12-15-8-6-7-11-17(15)18(20)14-19(22)21(2)16-9-4-3-5-10-16/h3-11,18H,12-14H2,1-2H3. The number of rotatable bonds is 3. The van der Waals surface area contributed by atoms with Crippen molar-refractivity contribution >= 4 is 11.6 Å². The molecule has 2 aromatic carbocycles. The van der Waals surface area contributed by atoms with Gasteiger partial charge in [0.1, 0.15) is 0 Å². The van der Waals surface area contributed by atoms with Crippen LogP contribution in [0.15, 0.2) is 54.6 Å². The minimum atomic E-state index is 0.153. The highest BCUT2D eigenvalue weighted by molar-refractivity contribution is 5.93. The van der Waals surface area contributed by atoms with Gasteiger partial charge in [0.05, 0.1) is 0 Å². The summed E-state index contributed by atoms with van der Waals surface area (Å²) >= 11 is 0. The molecule has 1 aliphatic rings. The van der Waals surface area contributed by atoms with Crippen LogP contribution in [0.2, 0.25) is 0 Å². The highest BCUT2D eigenvalue weighted by Gasteiger charge is 2.27. The maximum Gasteiger partial charge on any atom is 0.228 e. The van der Waals surface area contributed by atoms with Gasteiger partial charge in [0.15, 0.2) is 0 Å². The molecule has 0 radical (unpaired) electrons. The Balaban J connectivity index is 1.79. The summed E-state index contributed by atoms with van der Waals surface area (Å²) in [5.41, 5.74) is 3.62. The highest BCUT2D eigenvalue weighted by Crippen LogP contribution is 2.31. The Morgan fingerprint density at radius 3 is 2.59 bits per heavy atom. The molecule has 3 nitrogen and oxygen atoms in total. The minimum Gasteiger partial charge on any atom is -0.315 e. The van der Waals surface area contributed by atoms with Crippen LogP contribution in [0.4, 0.5) is 5.69 Å². The van der Waals surface area contributed by atoms with E-state index in [1.165, 1.54) is 11.1 Å². The van der Waals surface area contributed by atoms with Crippen LogP contribution in [0.5, 0.6) is 0 Å². The molecule has 1 unspecified atom stereocenters. The molecule has 22 heavy (non-hydrogen) atoms. The van der Waals surface area contributed by atoms with Gasteiger partial charge in [-0.1, -0.05) is 42.5 Å². The van der Waals surface area contributed by atoms with Gasteiger partial charge in [-0.05, 0) is 36.7 Å². The van der Waals surface area contributed by atoms with Gasteiger partial charge in [0.25, 0.3) is 0 Å². The van der Waals surface area contributed by atoms with E-state index in [9.17, 15) is 4.79 Å². The second kappa shape index (κ2) is 6.32. The fourth-order valence-corrected chi connectivity index (χ4v) is 3.14. The first-order chi connectivity index (χ1) is 10.7. The van der Waals surface area contributed by atoms with Gasteiger partial charge in [-0.25, -0.2) is 0 Å². The summed E-state index contributed by atoms with van der Waals surface area (Å²) < 4.78 is 0. The Hall–Kier alpha value is -2.13. The number of carbonyl (C=O) groups is 1. The Morgan fingerprint density at radius 1 is 1.14 bits per heavy atom. The highest BCUT2D eigenvalue weighted by atomic mass is 16.2. The molecular formula is C19H22N2O. The SMILES string of the molecule is CN(C(=O)CC1c2ccccc2CCN1C)c1ccccc1. The van der Waals surface area contributed by atoms with Crippen molar-refractivity contribution < 1.29 is 4.79 Å². The zero-order valence-corrected chi connectivity index (χ0v) is 13.2. The van der Waals surface area contributed by atoms with Crippen LogP contribution in [0.25, 0.3) is 0 Å². The summed E-state index contributed by atoms with van der Waals surface area (Å²) in [4.78, 5) is 16.7. The summed E-state index contributed by atoms with van der Waals surface area (Å²) in [6.07, 6.45) is 1.57. The van der Waals surface area contributed by atoms with E-state index in [-0.39, 0.29) is 11.9 Å². The van der Waals surface area contributed by atoms with E-state index in [0.29, 0.717) is 6.42 Å². The third-order valence-corrected chi connectivity index (χ3v) is 4.57. The van der Waals surface area contributed by atoms with Crippen molar-refractivity contribution in [1.29, 1.82) is 0 Å². The van der Waals surface area contributed by atoms with E-state index in [2.05, 4.69) is 36.2 Å². The second-order valence-corrected chi connectivity index (χ2v) is 5.94. The van der Waals surface area contributed by atoms with Crippen molar-refractivity contribution in [1.82, 2.24) is 4.90 Å². The smallest absolute Gasteiger partial charge is 0.228 e. The average Bonchev–Trinajstić information content (AvgIpc) is 2.57. The van der Waals surface area contributed by atoms with Gasteiger partial charge in [-0.3, -0.25) is 9.69 Å². The first-order valence-electron chi connectivity index (χ1n) is 7.76. The number of hydrogen-bond acceptors (Lipinski definition) is 2. The molecule has 1 amide bonds. The predicted molar refractivity (Wildman–Crippen MR) is 90.0 cm³/mol. The van der Waals surface area contributed by atoms with Gasteiger partial charge < -0.3 is 4.90 Å². The van der Waals surface area contributed by atoms with E-state index in [1.54, 1.807) is 4.90 Å². The van der Waals surface area contributed by atoms with Gasteiger partial charge in [0, 0.05) is 31.7 Å². The molecular weight excluding hydrogens is 272 g/mol. The molecule has 0 saturated heterocycles. The van der Waals surface area contributed by atoms with Crippen LogP contribution in [-0.2, 0) is 11.2 Å². The van der Waals surface area contributed by atoms with E-state index in [0.717, 1.165) is 18.7 Å². The molecule has 0 bridgehead atoms. The van der Waals surface area contributed by atoms with Crippen LogP contribution in [-0.4, -0.2) is 31.4 Å². The lowest BCUT2D eigenvalue weighted by molar-refractivity contribution is -0.119. The molecule has 1 aliphatic heterocycles. The second-order valence-electron chi connectivity index (χ2n) is 5.94. The quantitative estimate of drug-likeness (QED) is 0.867. The summed E-state index contributed by atoms with van der Waals surface area (Å²) in [7, 11) is 3.96. The number of para-hydroxylation sites is 1. The number of benzene rings is 2. The van der Waals surface area contributed by atoms with Gasteiger partial charge in [0.2, 0.25) is 5.91 Å². The minimum absolute atomic E-state index is 0.153. The Kier molecular flexibility index (Phi) is 4.25. The lowest BCUT2D eigenvalue weighted by atomic mass is 9.91. The van der Waals surface area contributed by atoms with Crippen molar-refractivity contribution in [3.05, 3.63) is 65.7 Å². The number of nitrogens with zero attached hydrogens (tertiary/aromatic N) is 2. The van der Waals surface area contributed by atoms with E-state index in [1.807, 2.05) is 37.4 Å². The van der Waals surface area contributed by atoms with Gasteiger partial charge >= 0.3 is 0 Å². The van der Waals surface area contributed by atoms with Crippen molar-refractivity contribution in [3.8, 4) is 0 Å². The zero-order chi connectivity index (χ0) is 15.5. The number of amides is 1. The molecule has 1 atom stereocenters. The fraction of sp³-hybridized carbons (Fsp3) is 0.316. The first kappa shape index (κ1) is 14.8. The largest absolute Gasteiger partial charge is 0.315 e. The maximum absolute atomic E-state index is 12.7. The molecule has 0 aromatic heterocycles. The summed E-state index contributed by atoms with van der Waals surface area (Å²) in [6.45, 7) is 1.00. The Bertz CT molecular complexity index is 653. The van der Waals surface area contributed by atoms with Crippen molar-refractivity contribution in [3.63, 3.8) is 0 Å². The lowest BCUT2D eigenvalue weighted by Crippen LogP contribution is -2.36. The number of anilines is 1. The maximum atomic E-state index is 12.7. The molecule has 2 aromatic rings. The van der Waals surface area contributed by atoms with Gasteiger partial charge in [-0.2, -0.15) is 0 Å². The van der Waals surface area contributed by atoms with Crippen LogP contribution in [0.1, 0.15) is 23.6 Å². The molecule has 0 saturated carbocycles. The van der Waals surface area contributed by atoms with Crippen molar-refractivity contribution in [2.75, 3.05) is 25.5 Å².